The van der Waals surface area contributed by atoms with Gasteiger partial charge >= 0.3 is 6.03 Å². The predicted molar refractivity (Wildman–Crippen MR) is 77.1 cm³/mol. The van der Waals surface area contributed by atoms with Crippen LogP contribution in [-0.2, 0) is 11.3 Å². The molecule has 1 aromatic rings. The van der Waals surface area contributed by atoms with Gasteiger partial charge in [-0.05, 0) is 37.1 Å². The third-order valence-corrected chi connectivity index (χ3v) is 3.32. The molecule has 20 heavy (non-hydrogen) atoms. The van der Waals surface area contributed by atoms with Crippen LogP contribution < -0.4 is 21.7 Å². The second-order valence-corrected chi connectivity index (χ2v) is 4.91. The van der Waals surface area contributed by atoms with Crippen LogP contribution in [0.2, 0.25) is 0 Å². The Labute approximate surface area is 118 Å². The van der Waals surface area contributed by atoms with Crippen LogP contribution in [-0.4, -0.2) is 24.5 Å². The van der Waals surface area contributed by atoms with Gasteiger partial charge in [0.15, 0.2) is 0 Å². The van der Waals surface area contributed by atoms with E-state index in [4.69, 9.17) is 5.73 Å². The molecular formula is C14H20N4O2. The molecule has 6 heteroatoms. The zero-order chi connectivity index (χ0) is 14.4. The summed E-state index contributed by atoms with van der Waals surface area (Å²) in [5.74, 6) is 0.00714. The van der Waals surface area contributed by atoms with E-state index in [1.165, 1.54) is 0 Å². The van der Waals surface area contributed by atoms with Gasteiger partial charge in [-0.25, -0.2) is 4.79 Å². The maximum atomic E-state index is 12.0. The number of hydrogen-bond acceptors (Lipinski definition) is 3. The van der Waals surface area contributed by atoms with Gasteiger partial charge in [-0.1, -0.05) is 18.6 Å². The van der Waals surface area contributed by atoms with Crippen LogP contribution >= 0.6 is 0 Å². The van der Waals surface area contributed by atoms with Crippen molar-refractivity contribution in [2.45, 2.75) is 31.8 Å². The van der Waals surface area contributed by atoms with E-state index in [1.54, 1.807) is 0 Å². The van der Waals surface area contributed by atoms with Gasteiger partial charge in [-0.15, -0.1) is 0 Å². The minimum atomic E-state index is -0.550. The van der Waals surface area contributed by atoms with Gasteiger partial charge in [0.25, 0.3) is 0 Å². The number of hydrogen-bond donors (Lipinski definition) is 4. The van der Waals surface area contributed by atoms with Gasteiger partial charge in [0.1, 0.15) is 0 Å². The molecule has 0 spiro atoms. The molecule has 0 aromatic heterocycles. The number of primary amides is 1. The molecule has 0 aliphatic carbocycles. The monoisotopic (exact) mass is 276 g/mol. The molecule has 6 nitrogen and oxygen atoms in total. The highest BCUT2D eigenvalue weighted by molar-refractivity contribution is 5.94. The van der Waals surface area contributed by atoms with Gasteiger partial charge in [-0.3, -0.25) is 4.79 Å². The van der Waals surface area contributed by atoms with Crippen molar-refractivity contribution in [1.29, 1.82) is 0 Å². The Hall–Kier alpha value is -2.08. The maximum absolute atomic E-state index is 12.0. The molecular weight excluding hydrogens is 256 g/mol. The topological polar surface area (TPSA) is 96.2 Å². The van der Waals surface area contributed by atoms with E-state index in [0.717, 1.165) is 37.1 Å². The number of piperidine rings is 1. The van der Waals surface area contributed by atoms with Crippen LogP contribution in [0.5, 0.6) is 0 Å². The van der Waals surface area contributed by atoms with Gasteiger partial charge in [-0.2, -0.15) is 0 Å². The Bertz CT molecular complexity index is 467. The van der Waals surface area contributed by atoms with Gasteiger partial charge in [0.05, 0.1) is 6.04 Å². The normalized spacial score (nSPS) is 18.3. The van der Waals surface area contributed by atoms with Crippen molar-refractivity contribution in [3.8, 4) is 0 Å². The zero-order valence-corrected chi connectivity index (χ0v) is 11.3. The van der Waals surface area contributed by atoms with Gasteiger partial charge < -0.3 is 21.7 Å². The number of amides is 3. The lowest BCUT2D eigenvalue weighted by atomic mass is 10.0. The average molecular weight is 276 g/mol. The maximum Gasteiger partial charge on any atom is 0.312 e. The molecule has 2 rings (SSSR count). The van der Waals surface area contributed by atoms with E-state index in [1.807, 2.05) is 24.3 Å². The molecule has 1 atom stereocenters. The van der Waals surface area contributed by atoms with Crippen molar-refractivity contribution >= 4 is 17.6 Å². The first-order valence-corrected chi connectivity index (χ1v) is 6.81. The quantitative estimate of drug-likeness (QED) is 0.659. The Morgan fingerprint density at radius 2 is 2.00 bits per heavy atom. The zero-order valence-electron chi connectivity index (χ0n) is 11.3. The minimum Gasteiger partial charge on any atom is -0.352 e. The van der Waals surface area contributed by atoms with Crippen LogP contribution in [0.4, 0.5) is 10.5 Å². The molecule has 1 aliphatic rings. The molecule has 1 aromatic carbocycles. The number of nitrogens with one attached hydrogen (secondary N) is 3. The molecule has 1 heterocycles. The van der Waals surface area contributed by atoms with Crippen molar-refractivity contribution < 1.29 is 9.59 Å². The fourth-order valence-electron chi connectivity index (χ4n) is 2.20. The molecule has 1 saturated heterocycles. The second kappa shape index (κ2) is 6.91. The first kappa shape index (κ1) is 14.3. The summed E-state index contributed by atoms with van der Waals surface area (Å²) in [4.78, 5) is 22.6. The first-order valence-electron chi connectivity index (χ1n) is 6.81. The summed E-state index contributed by atoms with van der Waals surface area (Å²) in [6, 6.07) is 6.68. The summed E-state index contributed by atoms with van der Waals surface area (Å²) in [6.07, 6.45) is 3.10. The molecule has 1 fully saturated rings. The largest absolute Gasteiger partial charge is 0.352 e. The van der Waals surface area contributed by atoms with Crippen molar-refractivity contribution in [3.05, 3.63) is 29.8 Å². The van der Waals surface area contributed by atoms with Crippen LogP contribution in [0.3, 0.4) is 0 Å². The Balaban J connectivity index is 1.86. The lowest BCUT2D eigenvalue weighted by Gasteiger charge is -2.22. The minimum absolute atomic E-state index is 0.00714. The van der Waals surface area contributed by atoms with Crippen molar-refractivity contribution in [1.82, 2.24) is 10.6 Å². The molecule has 3 amide bonds. The van der Waals surface area contributed by atoms with Crippen LogP contribution in [0.1, 0.15) is 24.8 Å². The van der Waals surface area contributed by atoms with Crippen molar-refractivity contribution in [2.24, 2.45) is 5.73 Å². The van der Waals surface area contributed by atoms with Crippen LogP contribution in [0, 0.1) is 0 Å². The van der Waals surface area contributed by atoms with Crippen molar-refractivity contribution in [3.63, 3.8) is 0 Å². The van der Waals surface area contributed by atoms with E-state index in [-0.39, 0.29) is 11.9 Å². The van der Waals surface area contributed by atoms with E-state index in [9.17, 15) is 9.59 Å². The molecule has 1 unspecified atom stereocenters. The highest BCUT2D eigenvalue weighted by Gasteiger charge is 2.20. The number of nitrogens with two attached hydrogens (primary N) is 1. The Morgan fingerprint density at radius 1 is 1.25 bits per heavy atom. The van der Waals surface area contributed by atoms with Crippen LogP contribution in [0.25, 0.3) is 0 Å². The number of carbonyl (C=O) groups is 2. The molecule has 0 radical (unpaired) electrons. The Kier molecular flexibility index (Phi) is 4.95. The first-order chi connectivity index (χ1) is 9.65. The summed E-state index contributed by atoms with van der Waals surface area (Å²) < 4.78 is 0. The number of carbonyl (C=O) groups excluding carboxylic acids is 2. The molecule has 5 N–H and O–H groups in total. The predicted octanol–water partition coefficient (Wildman–Crippen LogP) is 0.935. The summed E-state index contributed by atoms with van der Waals surface area (Å²) in [5.41, 5.74) is 6.69. The summed E-state index contributed by atoms with van der Waals surface area (Å²) in [5, 5.41) is 8.62. The van der Waals surface area contributed by atoms with E-state index in [2.05, 4.69) is 16.0 Å². The molecule has 1 aliphatic heterocycles. The third-order valence-electron chi connectivity index (χ3n) is 3.32. The molecule has 0 bridgehead atoms. The van der Waals surface area contributed by atoms with E-state index < -0.39 is 6.03 Å². The Morgan fingerprint density at radius 3 is 2.60 bits per heavy atom. The van der Waals surface area contributed by atoms with Crippen LogP contribution in [0.15, 0.2) is 24.3 Å². The lowest BCUT2D eigenvalue weighted by molar-refractivity contribution is -0.118. The summed E-state index contributed by atoms with van der Waals surface area (Å²) >= 11 is 0. The lowest BCUT2D eigenvalue weighted by Crippen LogP contribution is -2.43. The number of urea groups is 1. The average Bonchev–Trinajstić information content (AvgIpc) is 2.47. The number of benzene rings is 1. The highest BCUT2D eigenvalue weighted by Crippen LogP contribution is 2.12. The number of anilines is 1. The summed E-state index contributed by atoms with van der Waals surface area (Å²) in [7, 11) is 0. The standard InChI is InChI=1S/C14H20N4O2/c15-14(20)17-9-10-4-6-11(7-5-10)18-13(19)12-3-1-2-8-16-12/h4-7,12,16H,1-3,8-9H2,(H,18,19)(H3,15,17,20). The molecule has 108 valence electrons. The highest BCUT2D eigenvalue weighted by atomic mass is 16.2. The van der Waals surface area contributed by atoms with E-state index in [0.29, 0.717) is 6.54 Å². The smallest absolute Gasteiger partial charge is 0.312 e. The fourth-order valence-corrected chi connectivity index (χ4v) is 2.20. The van der Waals surface area contributed by atoms with Gasteiger partial charge in [0.2, 0.25) is 5.91 Å². The van der Waals surface area contributed by atoms with E-state index >= 15 is 0 Å². The third kappa shape index (κ3) is 4.24. The second-order valence-electron chi connectivity index (χ2n) is 4.91. The molecule has 0 saturated carbocycles. The summed E-state index contributed by atoms with van der Waals surface area (Å²) in [6.45, 7) is 1.28. The van der Waals surface area contributed by atoms with Gasteiger partial charge in [0, 0.05) is 12.2 Å². The van der Waals surface area contributed by atoms with Crippen molar-refractivity contribution in [2.75, 3.05) is 11.9 Å². The fraction of sp³-hybridized carbons (Fsp3) is 0.429. The SMILES string of the molecule is NC(=O)NCc1ccc(NC(=O)C2CCCCN2)cc1. The number of rotatable bonds is 4.